The number of amides is 1. The van der Waals surface area contributed by atoms with E-state index in [0.717, 1.165) is 15.4 Å². The molecule has 130 valence electrons. The van der Waals surface area contributed by atoms with E-state index in [1.165, 1.54) is 37.8 Å². The van der Waals surface area contributed by atoms with Crippen molar-refractivity contribution in [2.45, 2.75) is 38.6 Å². The second-order valence-corrected chi connectivity index (χ2v) is 8.18. The summed E-state index contributed by atoms with van der Waals surface area (Å²) in [4.78, 5) is 24.1. The van der Waals surface area contributed by atoms with Crippen LogP contribution in [0.3, 0.4) is 0 Å². The molecule has 2 bridgehead atoms. The molecular formula is C18H22INO4. The summed E-state index contributed by atoms with van der Waals surface area (Å²) in [6.07, 6.45) is 5.10. The molecule has 2 aliphatic rings. The maximum absolute atomic E-state index is 12.1. The van der Waals surface area contributed by atoms with Crippen molar-refractivity contribution in [2.24, 2.45) is 17.8 Å². The molecule has 6 heteroatoms. The summed E-state index contributed by atoms with van der Waals surface area (Å²) >= 11 is 2.05. The number of esters is 1. The van der Waals surface area contributed by atoms with E-state index in [9.17, 15) is 14.7 Å². The van der Waals surface area contributed by atoms with Crippen molar-refractivity contribution in [3.63, 3.8) is 0 Å². The Morgan fingerprint density at radius 3 is 2.83 bits per heavy atom. The Morgan fingerprint density at radius 2 is 2.17 bits per heavy atom. The molecule has 0 saturated heterocycles. The number of ether oxygens (including phenoxy) is 1. The molecule has 2 saturated carbocycles. The van der Waals surface area contributed by atoms with Gasteiger partial charge in [0.15, 0.2) is 6.61 Å². The lowest BCUT2D eigenvalue weighted by Crippen LogP contribution is -2.42. The molecule has 0 aromatic heterocycles. The van der Waals surface area contributed by atoms with Crippen molar-refractivity contribution in [1.29, 1.82) is 0 Å². The average Bonchev–Trinajstić information content (AvgIpc) is 3.18. The van der Waals surface area contributed by atoms with Crippen LogP contribution < -0.4 is 5.32 Å². The van der Waals surface area contributed by atoms with E-state index in [4.69, 9.17) is 4.74 Å². The molecule has 4 atom stereocenters. The number of rotatable bonds is 5. The van der Waals surface area contributed by atoms with Gasteiger partial charge in [0.05, 0.1) is 0 Å². The van der Waals surface area contributed by atoms with E-state index >= 15 is 0 Å². The first-order valence-corrected chi connectivity index (χ1v) is 9.47. The average molecular weight is 443 g/mol. The second kappa shape index (κ2) is 7.29. The van der Waals surface area contributed by atoms with Crippen molar-refractivity contribution < 1.29 is 19.4 Å². The predicted molar refractivity (Wildman–Crippen MR) is 97.6 cm³/mol. The smallest absolute Gasteiger partial charge is 0.342 e. The largest absolute Gasteiger partial charge is 0.507 e. The van der Waals surface area contributed by atoms with Crippen LogP contribution in [0.4, 0.5) is 0 Å². The lowest BCUT2D eigenvalue weighted by atomic mass is 9.84. The first kappa shape index (κ1) is 17.5. The molecule has 3 rings (SSSR count). The Hall–Kier alpha value is -1.31. The summed E-state index contributed by atoms with van der Waals surface area (Å²) in [5, 5.41) is 12.7. The van der Waals surface area contributed by atoms with Gasteiger partial charge in [0.2, 0.25) is 0 Å². The van der Waals surface area contributed by atoms with Crippen LogP contribution in [0.1, 0.15) is 43.0 Å². The number of fused-ring (bicyclic) bond motifs is 2. The van der Waals surface area contributed by atoms with Crippen molar-refractivity contribution in [3.05, 3.63) is 27.3 Å². The van der Waals surface area contributed by atoms with Crippen molar-refractivity contribution in [3.8, 4) is 5.75 Å². The zero-order chi connectivity index (χ0) is 17.3. The van der Waals surface area contributed by atoms with Gasteiger partial charge in [-0.1, -0.05) is 6.42 Å². The molecule has 0 heterocycles. The van der Waals surface area contributed by atoms with Gasteiger partial charge in [0.25, 0.3) is 5.91 Å². The van der Waals surface area contributed by atoms with Crippen molar-refractivity contribution >= 4 is 34.5 Å². The number of nitrogens with one attached hydrogen (secondary N) is 1. The van der Waals surface area contributed by atoms with Crippen LogP contribution in [0.15, 0.2) is 18.2 Å². The molecular weight excluding hydrogens is 421 g/mol. The van der Waals surface area contributed by atoms with E-state index in [-0.39, 0.29) is 29.9 Å². The maximum Gasteiger partial charge on any atom is 0.342 e. The summed E-state index contributed by atoms with van der Waals surface area (Å²) in [5.41, 5.74) is 0.0795. The van der Waals surface area contributed by atoms with E-state index in [0.29, 0.717) is 5.92 Å². The molecule has 5 nitrogen and oxygen atoms in total. The van der Waals surface area contributed by atoms with Crippen LogP contribution in [-0.2, 0) is 9.53 Å². The normalized spacial score (nSPS) is 26.2. The third kappa shape index (κ3) is 3.84. The number of aromatic hydroxyl groups is 1. The highest BCUT2D eigenvalue weighted by Crippen LogP contribution is 2.49. The molecule has 0 spiro atoms. The number of hydrogen-bond donors (Lipinski definition) is 2. The highest BCUT2D eigenvalue weighted by atomic mass is 127. The number of phenols is 1. The molecule has 1 aromatic carbocycles. The van der Waals surface area contributed by atoms with Gasteiger partial charge in [0, 0.05) is 9.61 Å². The van der Waals surface area contributed by atoms with E-state index in [1.807, 2.05) is 29.5 Å². The standard InChI is InChI=1S/C18H22INO4/c1-10(14-7-11-2-3-12(14)6-11)20-17(22)9-24-18(23)15-8-13(19)4-5-16(15)21/h4-5,8,10-12,14,21H,2-3,6-7,9H2,1H3,(H,20,22)/t10-,11+,12+,14-/m1/s1. The monoisotopic (exact) mass is 443 g/mol. The van der Waals surface area contributed by atoms with Gasteiger partial charge in [-0.05, 0) is 84.7 Å². The van der Waals surface area contributed by atoms with Gasteiger partial charge in [-0.25, -0.2) is 4.79 Å². The minimum absolute atomic E-state index is 0.0795. The van der Waals surface area contributed by atoms with Gasteiger partial charge in [-0.3, -0.25) is 4.79 Å². The Kier molecular flexibility index (Phi) is 5.32. The van der Waals surface area contributed by atoms with Gasteiger partial charge in [0.1, 0.15) is 11.3 Å². The van der Waals surface area contributed by atoms with Crippen LogP contribution in [0.5, 0.6) is 5.75 Å². The fourth-order valence-corrected chi connectivity index (χ4v) is 4.68. The minimum Gasteiger partial charge on any atom is -0.507 e. The molecule has 1 amide bonds. The van der Waals surface area contributed by atoms with Crippen LogP contribution in [0.25, 0.3) is 0 Å². The molecule has 2 aliphatic carbocycles. The number of hydrogen-bond acceptors (Lipinski definition) is 4. The van der Waals surface area contributed by atoms with Gasteiger partial charge >= 0.3 is 5.97 Å². The molecule has 24 heavy (non-hydrogen) atoms. The number of halogens is 1. The van der Waals surface area contributed by atoms with Crippen molar-refractivity contribution in [1.82, 2.24) is 5.32 Å². The summed E-state index contributed by atoms with van der Waals surface area (Å²) in [5.74, 6) is 0.994. The number of benzene rings is 1. The Labute approximate surface area is 155 Å². The summed E-state index contributed by atoms with van der Waals surface area (Å²) in [6, 6.07) is 4.78. The quantitative estimate of drug-likeness (QED) is 0.542. The van der Waals surface area contributed by atoms with Crippen molar-refractivity contribution in [2.75, 3.05) is 6.61 Å². The molecule has 0 radical (unpaired) electrons. The van der Waals surface area contributed by atoms with Crippen LogP contribution in [-0.4, -0.2) is 29.6 Å². The topological polar surface area (TPSA) is 75.6 Å². The maximum atomic E-state index is 12.1. The van der Waals surface area contributed by atoms with E-state index < -0.39 is 5.97 Å². The number of phenolic OH excluding ortho intramolecular Hbond substituents is 1. The molecule has 2 fully saturated rings. The Bertz CT molecular complexity index is 648. The summed E-state index contributed by atoms with van der Waals surface area (Å²) < 4.78 is 5.85. The lowest BCUT2D eigenvalue weighted by Gasteiger charge is -2.28. The Morgan fingerprint density at radius 1 is 1.38 bits per heavy atom. The fraction of sp³-hybridized carbons (Fsp3) is 0.556. The first-order valence-electron chi connectivity index (χ1n) is 8.39. The first-order chi connectivity index (χ1) is 11.4. The minimum atomic E-state index is -0.686. The highest BCUT2D eigenvalue weighted by Gasteiger charge is 2.42. The van der Waals surface area contributed by atoms with E-state index in [2.05, 4.69) is 5.32 Å². The molecule has 0 unspecified atom stereocenters. The van der Waals surface area contributed by atoms with Crippen LogP contribution in [0.2, 0.25) is 0 Å². The SMILES string of the molecule is C[C@@H](NC(=O)COC(=O)c1cc(I)ccc1O)[C@H]1C[C@H]2CC[C@H]1C2. The Balaban J connectivity index is 1.48. The fourth-order valence-electron chi connectivity index (χ4n) is 4.19. The predicted octanol–water partition coefficient (Wildman–Crippen LogP) is 3.09. The van der Waals surface area contributed by atoms with Crippen LogP contribution in [0, 0.1) is 21.3 Å². The summed E-state index contributed by atoms with van der Waals surface area (Å²) in [6.45, 7) is 1.71. The second-order valence-electron chi connectivity index (χ2n) is 6.93. The van der Waals surface area contributed by atoms with Gasteiger partial charge in [-0.15, -0.1) is 0 Å². The molecule has 1 aromatic rings. The number of carbonyl (C=O) groups is 2. The van der Waals surface area contributed by atoms with E-state index in [1.54, 1.807) is 6.07 Å². The number of carbonyl (C=O) groups excluding carboxylic acids is 2. The summed E-state index contributed by atoms with van der Waals surface area (Å²) in [7, 11) is 0. The van der Waals surface area contributed by atoms with Crippen LogP contribution >= 0.6 is 22.6 Å². The third-order valence-corrected chi connectivity index (χ3v) is 6.01. The zero-order valence-electron chi connectivity index (χ0n) is 13.6. The molecule has 0 aliphatic heterocycles. The van der Waals surface area contributed by atoms with Gasteiger partial charge < -0.3 is 15.2 Å². The lowest BCUT2D eigenvalue weighted by molar-refractivity contribution is -0.125. The third-order valence-electron chi connectivity index (χ3n) is 5.34. The molecule has 2 N–H and O–H groups in total. The highest BCUT2D eigenvalue weighted by molar-refractivity contribution is 14.1. The zero-order valence-corrected chi connectivity index (χ0v) is 15.8. The van der Waals surface area contributed by atoms with Gasteiger partial charge in [-0.2, -0.15) is 0 Å².